The summed E-state index contributed by atoms with van der Waals surface area (Å²) in [5, 5.41) is 6.31. The molecule has 0 atom stereocenters. The summed E-state index contributed by atoms with van der Waals surface area (Å²) in [6.07, 6.45) is 0. The normalized spacial score (nSPS) is 15.3. The van der Waals surface area contributed by atoms with Crippen LogP contribution in [0.1, 0.15) is 15.9 Å². The van der Waals surface area contributed by atoms with Crippen LogP contribution < -0.4 is 25.0 Å². The third-order valence-corrected chi connectivity index (χ3v) is 8.73. The zero-order chi connectivity index (χ0) is 26.9. The number of aryl methyl sites for hydroxylation is 1. The lowest BCUT2D eigenvalue weighted by atomic mass is 10.2. The fraction of sp³-hybridized carbons (Fsp3) is 0.231. The summed E-state index contributed by atoms with van der Waals surface area (Å²) < 4.78 is 38.3. The Morgan fingerprint density at radius 3 is 2.42 bits per heavy atom. The Morgan fingerprint density at radius 2 is 1.68 bits per heavy atom. The number of nitrogens with one attached hydrogen (secondary N) is 2. The number of amides is 1. The van der Waals surface area contributed by atoms with Crippen molar-refractivity contribution in [1.29, 1.82) is 0 Å². The van der Waals surface area contributed by atoms with Crippen LogP contribution in [0, 0.1) is 6.92 Å². The van der Waals surface area contributed by atoms with Crippen LogP contribution in [-0.2, 0) is 10.0 Å². The molecule has 1 fully saturated rings. The minimum Gasteiger partial charge on any atom is -0.454 e. The van der Waals surface area contributed by atoms with Gasteiger partial charge in [0.25, 0.3) is 5.91 Å². The van der Waals surface area contributed by atoms with E-state index >= 15 is 0 Å². The number of sulfonamides is 1. The van der Waals surface area contributed by atoms with Gasteiger partial charge in [0.2, 0.25) is 16.8 Å². The second-order valence-corrected chi connectivity index (χ2v) is 11.6. The fourth-order valence-corrected chi connectivity index (χ4v) is 6.23. The van der Waals surface area contributed by atoms with Crippen molar-refractivity contribution in [3.8, 4) is 11.5 Å². The molecule has 2 N–H and O–H groups in total. The van der Waals surface area contributed by atoms with Crippen molar-refractivity contribution in [3.05, 3.63) is 76.8 Å². The first kappa shape index (κ1) is 26.2. The molecule has 0 saturated carbocycles. The van der Waals surface area contributed by atoms with Gasteiger partial charge in [-0.2, -0.15) is 4.31 Å². The highest BCUT2D eigenvalue weighted by molar-refractivity contribution is 7.89. The van der Waals surface area contributed by atoms with Crippen molar-refractivity contribution >= 4 is 56.2 Å². The molecule has 2 aliphatic rings. The van der Waals surface area contributed by atoms with Crippen LogP contribution in [0.25, 0.3) is 0 Å². The van der Waals surface area contributed by atoms with E-state index < -0.39 is 15.9 Å². The first-order valence-corrected chi connectivity index (χ1v) is 14.1. The van der Waals surface area contributed by atoms with Crippen LogP contribution in [0.2, 0.25) is 5.02 Å². The molecule has 3 aromatic rings. The average Bonchev–Trinajstić information content (AvgIpc) is 3.37. The standard InChI is InChI=1S/C26H25ClN4O5S2/c1-17-5-8-19(9-6-17)38(33,34)31-13-11-30(12-14-31)24-20(27)3-2-4-21(24)28-26(37)29-25(32)18-7-10-22-23(15-18)36-16-35-22/h2-10,15H,11-14,16H2,1H3,(H2,28,29,32,37). The van der Waals surface area contributed by atoms with Crippen molar-refractivity contribution in [2.45, 2.75) is 11.8 Å². The van der Waals surface area contributed by atoms with Crippen LogP contribution >= 0.6 is 23.8 Å². The van der Waals surface area contributed by atoms with E-state index in [-0.39, 0.29) is 16.8 Å². The van der Waals surface area contributed by atoms with Crippen molar-refractivity contribution in [2.24, 2.45) is 0 Å². The molecule has 1 saturated heterocycles. The van der Waals surface area contributed by atoms with E-state index in [9.17, 15) is 13.2 Å². The van der Waals surface area contributed by atoms with Gasteiger partial charge < -0.3 is 19.7 Å². The van der Waals surface area contributed by atoms with Gasteiger partial charge in [-0.1, -0.05) is 35.4 Å². The molecule has 9 nitrogen and oxygen atoms in total. The highest BCUT2D eigenvalue weighted by Gasteiger charge is 2.30. The molecule has 198 valence electrons. The Labute approximate surface area is 231 Å². The molecule has 1 amide bonds. The van der Waals surface area contributed by atoms with Crippen molar-refractivity contribution in [3.63, 3.8) is 0 Å². The number of carbonyl (C=O) groups is 1. The number of rotatable bonds is 5. The monoisotopic (exact) mass is 572 g/mol. The maximum Gasteiger partial charge on any atom is 0.257 e. The van der Waals surface area contributed by atoms with Gasteiger partial charge in [-0.05, 0) is 61.6 Å². The summed E-state index contributed by atoms with van der Waals surface area (Å²) in [6, 6.07) is 17.1. The lowest BCUT2D eigenvalue weighted by Gasteiger charge is -2.36. The number of para-hydroxylation sites is 1. The number of benzene rings is 3. The Balaban J connectivity index is 1.26. The van der Waals surface area contributed by atoms with Crippen LogP contribution in [0.4, 0.5) is 11.4 Å². The molecule has 0 aliphatic carbocycles. The Kier molecular flexibility index (Phi) is 7.44. The number of carbonyl (C=O) groups excluding carboxylic acids is 1. The van der Waals surface area contributed by atoms with E-state index in [1.165, 1.54) is 4.31 Å². The molecule has 0 spiro atoms. The zero-order valence-corrected chi connectivity index (χ0v) is 22.8. The molecule has 0 radical (unpaired) electrons. The smallest absolute Gasteiger partial charge is 0.257 e. The summed E-state index contributed by atoms with van der Waals surface area (Å²) in [5.74, 6) is 0.675. The second kappa shape index (κ2) is 10.8. The molecule has 0 bridgehead atoms. The summed E-state index contributed by atoms with van der Waals surface area (Å²) in [6.45, 7) is 3.49. The number of hydrogen-bond donors (Lipinski definition) is 2. The third kappa shape index (κ3) is 5.41. The summed E-state index contributed by atoms with van der Waals surface area (Å²) in [5.41, 5.74) is 2.65. The van der Waals surface area contributed by atoms with Gasteiger partial charge >= 0.3 is 0 Å². The fourth-order valence-electron chi connectivity index (χ4n) is 4.32. The van der Waals surface area contributed by atoms with Crippen LogP contribution in [0.5, 0.6) is 11.5 Å². The molecule has 38 heavy (non-hydrogen) atoms. The van der Waals surface area contributed by atoms with E-state index in [4.69, 9.17) is 33.3 Å². The number of nitrogens with zero attached hydrogens (tertiary/aromatic N) is 2. The minimum atomic E-state index is -3.59. The van der Waals surface area contributed by atoms with Gasteiger partial charge in [0.05, 0.1) is 21.3 Å². The molecule has 0 unspecified atom stereocenters. The molecule has 12 heteroatoms. The number of halogens is 1. The lowest BCUT2D eigenvalue weighted by molar-refractivity contribution is 0.0977. The Morgan fingerprint density at radius 1 is 0.974 bits per heavy atom. The average molecular weight is 573 g/mol. The topological polar surface area (TPSA) is 100 Å². The number of ether oxygens (including phenoxy) is 2. The predicted molar refractivity (Wildman–Crippen MR) is 150 cm³/mol. The molecule has 2 heterocycles. The molecular formula is C26H25ClN4O5S2. The number of fused-ring (bicyclic) bond motifs is 1. The maximum atomic E-state index is 13.1. The number of hydrogen-bond acceptors (Lipinski definition) is 7. The van der Waals surface area contributed by atoms with Crippen LogP contribution in [0.3, 0.4) is 0 Å². The zero-order valence-electron chi connectivity index (χ0n) is 20.4. The first-order valence-electron chi connectivity index (χ1n) is 11.8. The number of anilines is 2. The molecule has 5 rings (SSSR count). The van der Waals surface area contributed by atoms with Crippen molar-refractivity contribution in [2.75, 3.05) is 43.2 Å². The van der Waals surface area contributed by atoms with Crippen LogP contribution in [0.15, 0.2) is 65.6 Å². The van der Waals surface area contributed by atoms with Gasteiger partial charge in [-0.15, -0.1) is 0 Å². The summed E-state index contributed by atoms with van der Waals surface area (Å²) in [4.78, 5) is 15.0. The molecule has 3 aromatic carbocycles. The van der Waals surface area contributed by atoms with Gasteiger partial charge in [0, 0.05) is 31.7 Å². The minimum absolute atomic E-state index is 0.0942. The molecule has 2 aliphatic heterocycles. The number of thiocarbonyl (C=S) groups is 1. The van der Waals surface area contributed by atoms with Crippen molar-refractivity contribution in [1.82, 2.24) is 9.62 Å². The summed E-state index contributed by atoms with van der Waals surface area (Å²) >= 11 is 12.0. The van der Waals surface area contributed by atoms with Gasteiger partial charge in [-0.25, -0.2) is 8.42 Å². The van der Waals surface area contributed by atoms with E-state index in [0.717, 1.165) is 5.56 Å². The van der Waals surface area contributed by atoms with E-state index in [1.54, 1.807) is 60.7 Å². The largest absolute Gasteiger partial charge is 0.454 e. The quantitative estimate of drug-likeness (QED) is 0.442. The SMILES string of the molecule is Cc1ccc(S(=O)(=O)N2CCN(c3c(Cl)cccc3NC(=S)NC(=O)c3ccc4c(c3)OCO4)CC2)cc1. The van der Waals surface area contributed by atoms with Crippen LogP contribution in [-0.4, -0.2) is 56.7 Å². The highest BCUT2D eigenvalue weighted by atomic mass is 35.5. The Hall–Kier alpha value is -3.38. The maximum absolute atomic E-state index is 13.1. The van der Waals surface area contributed by atoms with Crippen molar-refractivity contribution < 1.29 is 22.7 Å². The lowest BCUT2D eigenvalue weighted by Crippen LogP contribution is -2.49. The number of piperazine rings is 1. The van der Waals surface area contributed by atoms with E-state index in [0.29, 0.717) is 59.6 Å². The van der Waals surface area contributed by atoms with Gasteiger partial charge in [0.1, 0.15) is 0 Å². The summed E-state index contributed by atoms with van der Waals surface area (Å²) in [7, 11) is -3.59. The second-order valence-electron chi connectivity index (χ2n) is 8.82. The predicted octanol–water partition coefficient (Wildman–Crippen LogP) is 4.01. The third-order valence-electron chi connectivity index (χ3n) is 6.31. The molecular weight excluding hydrogens is 548 g/mol. The van der Waals surface area contributed by atoms with E-state index in [1.807, 2.05) is 11.8 Å². The van der Waals surface area contributed by atoms with Gasteiger partial charge in [-0.3, -0.25) is 10.1 Å². The van der Waals surface area contributed by atoms with Gasteiger partial charge in [0.15, 0.2) is 16.6 Å². The Bertz CT molecular complexity index is 1490. The van der Waals surface area contributed by atoms with E-state index in [2.05, 4.69) is 10.6 Å². The molecule has 0 aromatic heterocycles. The first-order chi connectivity index (χ1) is 18.2. The highest BCUT2D eigenvalue weighted by Crippen LogP contribution is 2.35.